The third-order valence-corrected chi connectivity index (χ3v) is 5.88. The maximum Gasteiger partial charge on any atom is 0.328 e. The van der Waals surface area contributed by atoms with Gasteiger partial charge < -0.3 is 9.72 Å². The lowest BCUT2D eigenvalue weighted by molar-refractivity contribution is -0.128. The third kappa shape index (κ3) is 2.21. The predicted molar refractivity (Wildman–Crippen MR) is 105 cm³/mol. The molecule has 3 aromatic rings. The van der Waals surface area contributed by atoms with Crippen LogP contribution in [0.5, 0.6) is 5.75 Å². The van der Waals surface area contributed by atoms with Crippen molar-refractivity contribution in [3.8, 4) is 5.75 Å². The minimum atomic E-state index is -0.466. The number of carbonyl (C=O) groups is 2. The van der Waals surface area contributed by atoms with Crippen LogP contribution in [-0.2, 0) is 11.2 Å². The van der Waals surface area contributed by atoms with Crippen molar-refractivity contribution in [2.75, 3.05) is 13.7 Å². The number of aromatic nitrogens is 1. The summed E-state index contributed by atoms with van der Waals surface area (Å²) in [4.78, 5) is 32.7. The van der Waals surface area contributed by atoms with Crippen LogP contribution in [0.1, 0.15) is 29.8 Å². The molecule has 2 aliphatic heterocycles. The number of imide groups is 1. The van der Waals surface area contributed by atoms with Crippen molar-refractivity contribution in [3.05, 3.63) is 65.4 Å². The number of H-pyrrole nitrogens is 1. The van der Waals surface area contributed by atoms with Crippen LogP contribution in [0.3, 0.4) is 0 Å². The molecule has 0 spiro atoms. The second-order valence-corrected chi connectivity index (χ2v) is 7.23. The number of likely N-dealkylation sites (N-methyl/N-ethyl adjacent to an activating group) is 1. The molecule has 1 saturated heterocycles. The van der Waals surface area contributed by atoms with Gasteiger partial charge in [0.05, 0.1) is 7.11 Å². The number of urea groups is 1. The van der Waals surface area contributed by atoms with E-state index in [-0.39, 0.29) is 18.0 Å². The van der Waals surface area contributed by atoms with Crippen LogP contribution < -0.4 is 4.74 Å². The number of hydrogen-bond donors (Lipinski definition) is 1. The van der Waals surface area contributed by atoms with Gasteiger partial charge in [-0.15, -0.1) is 0 Å². The fourth-order valence-electron chi connectivity index (χ4n) is 4.55. The number of hydrogen-bond acceptors (Lipinski definition) is 3. The maximum atomic E-state index is 13.1. The number of benzene rings is 2. The van der Waals surface area contributed by atoms with Crippen molar-refractivity contribution < 1.29 is 14.3 Å². The fourth-order valence-corrected chi connectivity index (χ4v) is 4.55. The average molecular weight is 375 g/mol. The second-order valence-electron chi connectivity index (χ2n) is 7.23. The van der Waals surface area contributed by atoms with Crippen LogP contribution in [0, 0.1) is 0 Å². The Labute approximate surface area is 162 Å². The Morgan fingerprint density at radius 2 is 1.86 bits per heavy atom. The molecule has 2 aliphatic rings. The summed E-state index contributed by atoms with van der Waals surface area (Å²) < 4.78 is 5.28. The van der Waals surface area contributed by atoms with Gasteiger partial charge in [-0.25, -0.2) is 4.79 Å². The molecule has 3 heterocycles. The molecule has 3 amide bonds. The van der Waals surface area contributed by atoms with Crippen LogP contribution in [0.25, 0.3) is 10.9 Å². The highest BCUT2D eigenvalue weighted by atomic mass is 16.5. The van der Waals surface area contributed by atoms with Gasteiger partial charge in [-0.3, -0.25) is 14.6 Å². The van der Waals surface area contributed by atoms with Gasteiger partial charge in [-0.2, -0.15) is 0 Å². The summed E-state index contributed by atoms with van der Waals surface area (Å²) in [5.41, 5.74) is 4.09. The first-order chi connectivity index (χ1) is 13.6. The first-order valence-electron chi connectivity index (χ1n) is 9.51. The van der Waals surface area contributed by atoms with E-state index >= 15 is 0 Å². The summed E-state index contributed by atoms with van der Waals surface area (Å²) in [7, 11) is 1.63. The number of para-hydroxylation sites is 1. The lowest BCUT2D eigenvalue weighted by atomic mass is 9.89. The monoisotopic (exact) mass is 375 g/mol. The zero-order valence-electron chi connectivity index (χ0n) is 15.8. The minimum Gasteiger partial charge on any atom is -0.497 e. The minimum absolute atomic E-state index is 0.109. The number of amides is 3. The number of aromatic amines is 1. The Morgan fingerprint density at radius 3 is 2.57 bits per heavy atom. The highest BCUT2D eigenvalue weighted by Gasteiger charge is 2.51. The third-order valence-electron chi connectivity index (χ3n) is 5.88. The number of rotatable bonds is 3. The Morgan fingerprint density at radius 1 is 1.11 bits per heavy atom. The van der Waals surface area contributed by atoms with E-state index in [0.717, 1.165) is 33.5 Å². The van der Waals surface area contributed by atoms with Gasteiger partial charge in [0.2, 0.25) is 0 Å². The van der Waals surface area contributed by atoms with Gasteiger partial charge in [-0.05, 0) is 36.2 Å². The second kappa shape index (κ2) is 6.12. The van der Waals surface area contributed by atoms with Crippen LogP contribution in [0.4, 0.5) is 4.79 Å². The van der Waals surface area contributed by atoms with Gasteiger partial charge in [0, 0.05) is 29.6 Å². The number of fused-ring (bicyclic) bond motifs is 4. The summed E-state index contributed by atoms with van der Waals surface area (Å²) in [5, 5.41) is 1.12. The van der Waals surface area contributed by atoms with Crippen molar-refractivity contribution >= 4 is 22.8 Å². The Hall–Kier alpha value is -3.28. The van der Waals surface area contributed by atoms with E-state index in [0.29, 0.717) is 13.0 Å². The van der Waals surface area contributed by atoms with Crippen LogP contribution in [0.2, 0.25) is 0 Å². The summed E-state index contributed by atoms with van der Waals surface area (Å²) in [5.74, 6) is 0.647. The van der Waals surface area contributed by atoms with E-state index in [1.807, 2.05) is 49.4 Å². The Bertz CT molecular complexity index is 1090. The largest absolute Gasteiger partial charge is 0.497 e. The van der Waals surface area contributed by atoms with Gasteiger partial charge >= 0.3 is 6.03 Å². The summed E-state index contributed by atoms with van der Waals surface area (Å²) >= 11 is 0. The zero-order chi connectivity index (χ0) is 19.4. The van der Waals surface area contributed by atoms with Crippen LogP contribution >= 0.6 is 0 Å². The molecule has 1 N–H and O–H groups in total. The molecule has 2 unspecified atom stereocenters. The van der Waals surface area contributed by atoms with Crippen molar-refractivity contribution in [1.82, 2.24) is 14.8 Å². The number of methoxy groups -OCH3 is 1. The molecule has 0 radical (unpaired) electrons. The Balaban J connectivity index is 1.73. The SMILES string of the molecule is CCN1C(=O)C2Cc3c([nH]c4ccccc34)C(c3ccc(OC)cc3)N2C1=O. The fraction of sp³-hybridized carbons (Fsp3) is 0.273. The highest BCUT2D eigenvalue weighted by Crippen LogP contribution is 2.44. The molecule has 0 aliphatic carbocycles. The van der Waals surface area contributed by atoms with Gasteiger partial charge in [0.25, 0.3) is 5.91 Å². The molecule has 0 saturated carbocycles. The van der Waals surface area contributed by atoms with Crippen molar-refractivity contribution in [2.24, 2.45) is 0 Å². The Kier molecular flexibility index (Phi) is 3.69. The zero-order valence-corrected chi connectivity index (χ0v) is 15.8. The lowest BCUT2D eigenvalue weighted by Crippen LogP contribution is -2.44. The molecule has 1 fully saturated rings. The molecule has 0 bridgehead atoms. The lowest BCUT2D eigenvalue weighted by Gasteiger charge is -2.36. The van der Waals surface area contributed by atoms with Crippen LogP contribution in [-0.4, -0.2) is 46.4 Å². The summed E-state index contributed by atoms with van der Waals surface area (Å²) in [6.45, 7) is 2.22. The first kappa shape index (κ1) is 16.9. The number of carbonyl (C=O) groups excluding carboxylic acids is 2. The van der Waals surface area contributed by atoms with E-state index in [1.54, 1.807) is 12.0 Å². The summed E-state index contributed by atoms with van der Waals surface area (Å²) in [6, 6.07) is 14.8. The topological polar surface area (TPSA) is 65.6 Å². The number of nitrogens with zero attached hydrogens (tertiary/aromatic N) is 2. The molecule has 6 nitrogen and oxygen atoms in total. The van der Waals surface area contributed by atoms with Crippen molar-refractivity contribution in [3.63, 3.8) is 0 Å². The average Bonchev–Trinajstić information content (AvgIpc) is 3.21. The molecular weight excluding hydrogens is 354 g/mol. The molecule has 2 aromatic carbocycles. The van der Waals surface area contributed by atoms with Gasteiger partial charge in [0.15, 0.2) is 0 Å². The first-order valence-corrected chi connectivity index (χ1v) is 9.51. The van der Waals surface area contributed by atoms with E-state index in [9.17, 15) is 9.59 Å². The molecular formula is C22H21N3O3. The van der Waals surface area contributed by atoms with Gasteiger partial charge in [-0.1, -0.05) is 30.3 Å². The van der Waals surface area contributed by atoms with E-state index < -0.39 is 6.04 Å². The van der Waals surface area contributed by atoms with E-state index in [4.69, 9.17) is 4.74 Å². The maximum absolute atomic E-state index is 13.1. The molecule has 2 atom stereocenters. The quantitative estimate of drug-likeness (QED) is 0.713. The molecule has 28 heavy (non-hydrogen) atoms. The smallest absolute Gasteiger partial charge is 0.328 e. The van der Waals surface area contributed by atoms with Crippen molar-refractivity contribution in [1.29, 1.82) is 0 Å². The number of nitrogens with one attached hydrogen (secondary N) is 1. The highest BCUT2D eigenvalue weighted by molar-refractivity contribution is 6.05. The normalized spacial score (nSPS) is 21.2. The van der Waals surface area contributed by atoms with Crippen molar-refractivity contribution in [2.45, 2.75) is 25.4 Å². The number of ether oxygens (including phenoxy) is 1. The molecule has 1 aromatic heterocycles. The van der Waals surface area contributed by atoms with E-state index in [1.165, 1.54) is 4.90 Å². The predicted octanol–water partition coefficient (Wildman–Crippen LogP) is 3.47. The van der Waals surface area contributed by atoms with E-state index in [2.05, 4.69) is 11.1 Å². The molecule has 6 heteroatoms. The summed E-state index contributed by atoms with van der Waals surface area (Å²) in [6.07, 6.45) is 0.535. The molecule has 5 rings (SSSR count). The van der Waals surface area contributed by atoms with Gasteiger partial charge in [0.1, 0.15) is 17.8 Å². The molecule has 142 valence electrons. The van der Waals surface area contributed by atoms with Crippen LogP contribution in [0.15, 0.2) is 48.5 Å². The standard InChI is InChI=1S/C22H21N3O3/c1-3-24-21(26)18-12-16-15-6-4-5-7-17(15)23-19(16)20(25(18)22(24)27)13-8-10-14(28-2)11-9-13/h4-11,18,20,23H,3,12H2,1-2H3.